The van der Waals surface area contributed by atoms with Crippen molar-refractivity contribution in [2.75, 3.05) is 19.7 Å². The first-order chi connectivity index (χ1) is 13.9. The highest BCUT2D eigenvalue weighted by Crippen LogP contribution is 2.41. The van der Waals surface area contributed by atoms with Crippen LogP contribution in [-0.2, 0) is 11.2 Å². The van der Waals surface area contributed by atoms with Gasteiger partial charge in [0.25, 0.3) is 5.91 Å². The first-order valence-electron chi connectivity index (χ1n) is 10.1. The predicted octanol–water partition coefficient (Wildman–Crippen LogP) is 2.95. The fourth-order valence-corrected chi connectivity index (χ4v) is 3.81. The summed E-state index contributed by atoms with van der Waals surface area (Å²) in [6.07, 6.45) is 2.51. The zero-order valence-electron chi connectivity index (χ0n) is 17.2. The summed E-state index contributed by atoms with van der Waals surface area (Å²) < 4.78 is 17.8. The number of aromatic nitrogens is 2. The van der Waals surface area contributed by atoms with Crippen molar-refractivity contribution in [1.82, 2.24) is 15.1 Å². The van der Waals surface area contributed by atoms with E-state index in [1.165, 1.54) is 0 Å². The van der Waals surface area contributed by atoms with Gasteiger partial charge in [-0.3, -0.25) is 4.79 Å². The van der Waals surface area contributed by atoms with Crippen molar-refractivity contribution in [1.29, 1.82) is 0 Å². The monoisotopic (exact) mass is 397 g/mol. The largest absolute Gasteiger partial charge is 0.483 e. The molecule has 1 saturated heterocycles. The van der Waals surface area contributed by atoms with Crippen LogP contribution in [0, 0.1) is 6.92 Å². The lowest BCUT2D eigenvalue weighted by Gasteiger charge is -2.32. The van der Waals surface area contributed by atoms with Crippen molar-refractivity contribution in [3.8, 4) is 17.4 Å². The lowest BCUT2D eigenvalue weighted by molar-refractivity contribution is -0.136. The van der Waals surface area contributed by atoms with Crippen molar-refractivity contribution in [2.45, 2.75) is 51.7 Å². The van der Waals surface area contributed by atoms with E-state index in [1.54, 1.807) is 4.90 Å². The summed E-state index contributed by atoms with van der Waals surface area (Å²) in [5.41, 5.74) is 1.71. The first kappa shape index (κ1) is 19.5. The molecule has 1 amide bonds. The normalized spacial score (nSPS) is 20.0. The van der Waals surface area contributed by atoms with Crippen LogP contribution in [0.3, 0.4) is 0 Å². The van der Waals surface area contributed by atoms with Gasteiger partial charge in [0.15, 0.2) is 18.1 Å². The molecule has 2 aliphatic rings. The first-order valence-corrected chi connectivity index (χ1v) is 10.1. The molecule has 3 heterocycles. The van der Waals surface area contributed by atoms with E-state index >= 15 is 0 Å². The zero-order valence-corrected chi connectivity index (χ0v) is 17.2. The Kier molecular flexibility index (Phi) is 5.30. The van der Waals surface area contributed by atoms with Crippen molar-refractivity contribution in [3.05, 3.63) is 41.6 Å². The molecule has 1 aromatic heterocycles. The van der Waals surface area contributed by atoms with Gasteiger partial charge in [0.1, 0.15) is 11.7 Å². The number of para-hydroxylation sites is 1. The molecular weight excluding hydrogens is 370 g/mol. The minimum absolute atomic E-state index is 0.0166. The van der Waals surface area contributed by atoms with E-state index < -0.39 is 0 Å². The molecule has 1 unspecified atom stereocenters. The third-order valence-electron chi connectivity index (χ3n) is 5.20. The van der Waals surface area contributed by atoms with Gasteiger partial charge in [-0.05, 0) is 45.7 Å². The van der Waals surface area contributed by atoms with Gasteiger partial charge in [0, 0.05) is 24.6 Å². The third kappa shape index (κ3) is 4.60. The van der Waals surface area contributed by atoms with E-state index in [4.69, 9.17) is 14.2 Å². The van der Waals surface area contributed by atoms with Crippen molar-refractivity contribution in [2.24, 2.45) is 0 Å². The van der Waals surface area contributed by atoms with Gasteiger partial charge < -0.3 is 19.1 Å². The van der Waals surface area contributed by atoms with E-state index in [9.17, 15) is 4.79 Å². The van der Waals surface area contributed by atoms with Crippen LogP contribution < -0.4 is 14.2 Å². The van der Waals surface area contributed by atoms with E-state index in [1.807, 2.05) is 51.1 Å². The number of hydrogen-bond donors (Lipinski definition) is 0. The Morgan fingerprint density at radius 3 is 2.93 bits per heavy atom. The lowest BCUT2D eigenvalue weighted by Crippen LogP contribution is -2.46. The van der Waals surface area contributed by atoms with E-state index in [2.05, 4.69) is 10.2 Å². The Bertz CT molecular complexity index is 882. The Morgan fingerprint density at radius 2 is 2.14 bits per heavy atom. The Labute approximate surface area is 171 Å². The maximum Gasteiger partial charge on any atom is 0.260 e. The number of piperidine rings is 1. The molecule has 2 aliphatic heterocycles. The minimum atomic E-state index is -0.248. The molecule has 0 aliphatic carbocycles. The van der Waals surface area contributed by atoms with Crippen molar-refractivity contribution in [3.63, 3.8) is 0 Å². The quantitative estimate of drug-likeness (QED) is 0.772. The van der Waals surface area contributed by atoms with Crippen LogP contribution in [0.5, 0.6) is 17.4 Å². The number of fused-ring (bicyclic) bond motifs is 1. The third-order valence-corrected chi connectivity index (χ3v) is 5.20. The van der Waals surface area contributed by atoms with Crippen LogP contribution in [0.4, 0.5) is 0 Å². The fraction of sp³-hybridized carbons (Fsp3) is 0.500. The second-order valence-electron chi connectivity index (χ2n) is 8.31. The van der Waals surface area contributed by atoms with Gasteiger partial charge in [-0.15, -0.1) is 5.10 Å². The number of nitrogens with zero attached hydrogens (tertiary/aromatic N) is 3. The summed E-state index contributed by atoms with van der Waals surface area (Å²) in [6.45, 7) is 7.19. The van der Waals surface area contributed by atoms with E-state index in [0.29, 0.717) is 24.7 Å². The number of ether oxygens (including phenoxy) is 3. The maximum absolute atomic E-state index is 12.7. The SMILES string of the molecule is Cc1ccc(OC2CCCN(C(=O)COc3cccc4c3OC(C)(C)C4)C2)nn1. The second kappa shape index (κ2) is 7.89. The molecule has 0 bridgehead atoms. The fourth-order valence-electron chi connectivity index (χ4n) is 3.81. The summed E-state index contributed by atoms with van der Waals surface area (Å²) in [5, 5.41) is 8.06. The molecule has 0 N–H and O–H groups in total. The summed E-state index contributed by atoms with van der Waals surface area (Å²) in [5.74, 6) is 1.82. The van der Waals surface area contributed by atoms with Gasteiger partial charge in [0.05, 0.1) is 12.2 Å². The Morgan fingerprint density at radius 1 is 1.28 bits per heavy atom. The molecule has 1 atom stereocenters. The van der Waals surface area contributed by atoms with Crippen LogP contribution in [0.25, 0.3) is 0 Å². The molecule has 0 spiro atoms. The summed E-state index contributed by atoms with van der Waals surface area (Å²) in [6, 6.07) is 9.51. The van der Waals surface area contributed by atoms with E-state index in [-0.39, 0.29) is 24.2 Å². The van der Waals surface area contributed by atoms with Gasteiger partial charge >= 0.3 is 0 Å². The van der Waals surface area contributed by atoms with Crippen molar-refractivity contribution < 1.29 is 19.0 Å². The smallest absolute Gasteiger partial charge is 0.260 e. The van der Waals surface area contributed by atoms with Gasteiger partial charge in [-0.1, -0.05) is 12.1 Å². The highest BCUT2D eigenvalue weighted by Gasteiger charge is 2.32. The van der Waals surface area contributed by atoms with Crippen LogP contribution >= 0.6 is 0 Å². The Balaban J connectivity index is 1.33. The van der Waals surface area contributed by atoms with Gasteiger partial charge in [0.2, 0.25) is 5.88 Å². The number of carbonyl (C=O) groups excluding carboxylic acids is 1. The topological polar surface area (TPSA) is 73.8 Å². The molecule has 1 fully saturated rings. The number of benzene rings is 1. The van der Waals surface area contributed by atoms with Crippen LogP contribution in [0.1, 0.15) is 37.9 Å². The molecule has 4 rings (SSSR count). The standard InChI is InChI=1S/C22H27N3O4/c1-15-9-10-19(24-23-15)28-17-7-5-11-25(13-17)20(26)14-27-18-8-4-6-16-12-22(2,3)29-21(16)18/h4,6,8-10,17H,5,7,11-14H2,1-3H3. The molecule has 2 aromatic rings. The molecule has 7 nitrogen and oxygen atoms in total. The molecule has 154 valence electrons. The number of amides is 1. The van der Waals surface area contributed by atoms with E-state index in [0.717, 1.165) is 36.3 Å². The number of carbonyl (C=O) groups is 1. The summed E-state index contributed by atoms with van der Waals surface area (Å²) in [7, 11) is 0. The Hall–Kier alpha value is -2.83. The highest BCUT2D eigenvalue weighted by atomic mass is 16.5. The number of aryl methyl sites for hydroxylation is 1. The van der Waals surface area contributed by atoms with Crippen LogP contribution in [0.15, 0.2) is 30.3 Å². The number of hydrogen-bond acceptors (Lipinski definition) is 6. The van der Waals surface area contributed by atoms with Gasteiger partial charge in [-0.2, -0.15) is 5.10 Å². The number of likely N-dealkylation sites (tertiary alicyclic amines) is 1. The van der Waals surface area contributed by atoms with Gasteiger partial charge in [-0.25, -0.2) is 0 Å². The van der Waals surface area contributed by atoms with Crippen molar-refractivity contribution >= 4 is 5.91 Å². The molecule has 29 heavy (non-hydrogen) atoms. The van der Waals surface area contributed by atoms with Crippen LogP contribution in [0.2, 0.25) is 0 Å². The molecule has 0 saturated carbocycles. The lowest BCUT2D eigenvalue weighted by atomic mass is 10.0. The summed E-state index contributed by atoms with van der Waals surface area (Å²) >= 11 is 0. The second-order valence-corrected chi connectivity index (χ2v) is 8.31. The maximum atomic E-state index is 12.7. The van der Waals surface area contributed by atoms with Crippen LogP contribution in [-0.4, -0.2) is 52.4 Å². The predicted molar refractivity (Wildman–Crippen MR) is 107 cm³/mol. The molecule has 1 aromatic carbocycles. The highest BCUT2D eigenvalue weighted by molar-refractivity contribution is 5.78. The minimum Gasteiger partial charge on any atom is -0.483 e. The molecule has 0 radical (unpaired) electrons. The summed E-state index contributed by atoms with van der Waals surface area (Å²) in [4.78, 5) is 14.5. The molecule has 7 heteroatoms. The molecular formula is C22H27N3O4. The number of rotatable bonds is 5. The zero-order chi connectivity index (χ0) is 20.4. The average molecular weight is 397 g/mol. The average Bonchev–Trinajstić information content (AvgIpc) is 3.02.